The average Bonchev–Trinajstić information content (AvgIpc) is 3.23. The molecule has 1 unspecified atom stereocenters. The first-order valence-electron chi connectivity index (χ1n) is 6.57. The first-order chi connectivity index (χ1) is 9.44. The Hall–Kier alpha value is -2.04. The fraction of sp³-hybridized carbons (Fsp3) is 0.467. The minimum Gasteiger partial charge on any atom is -0.496 e. The van der Waals surface area contributed by atoms with Crippen LogP contribution in [-0.4, -0.2) is 35.5 Å². The number of carboxylic acid groups (broad SMARTS) is 1. The monoisotopic (exact) mass is 277 g/mol. The van der Waals surface area contributed by atoms with Crippen LogP contribution in [0.2, 0.25) is 0 Å². The van der Waals surface area contributed by atoms with Gasteiger partial charge in [0.1, 0.15) is 5.75 Å². The number of hydrogen-bond acceptors (Lipinski definition) is 3. The molecular formula is C15H19NO4. The van der Waals surface area contributed by atoms with Crippen molar-refractivity contribution in [2.45, 2.75) is 38.3 Å². The molecule has 1 saturated carbocycles. The third kappa shape index (κ3) is 2.24. The normalized spacial score (nSPS) is 17.1. The summed E-state index contributed by atoms with van der Waals surface area (Å²) in [6, 6.07) is 5.36. The highest BCUT2D eigenvalue weighted by atomic mass is 16.5. The molecule has 1 N–H and O–H groups in total. The summed E-state index contributed by atoms with van der Waals surface area (Å²) in [4.78, 5) is 24.7. The van der Waals surface area contributed by atoms with Crippen LogP contribution in [0.15, 0.2) is 18.2 Å². The van der Waals surface area contributed by atoms with Crippen LogP contribution in [0.25, 0.3) is 0 Å². The first kappa shape index (κ1) is 14.4. The van der Waals surface area contributed by atoms with E-state index in [4.69, 9.17) is 4.74 Å². The Morgan fingerprint density at radius 3 is 2.60 bits per heavy atom. The van der Waals surface area contributed by atoms with Gasteiger partial charge in [-0.05, 0) is 38.8 Å². The maximum Gasteiger partial charge on any atom is 0.334 e. The Morgan fingerprint density at radius 2 is 2.15 bits per heavy atom. The Kier molecular flexibility index (Phi) is 3.70. The van der Waals surface area contributed by atoms with Crippen molar-refractivity contribution in [2.24, 2.45) is 0 Å². The number of aryl methyl sites for hydroxylation is 1. The molecule has 1 fully saturated rings. The lowest BCUT2D eigenvalue weighted by atomic mass is 9.88. The number of hydrogen-bond donors (Lipinski definition) is 1. The topological polar surface area (TPSA) is 66.8 Å². The molecule has 5 heteroatoms. The van der Waals surface area contributed by atoms with Gasteiger partial charge >= 0.3 is 5.97 Å². The maximum atomic E-state index is 11.9. The Balaban J connectivity index is 2.60. The number of carbonyl (C=O) groups excluding carboxylic acids is 1. The van der Waals surface area contributed by atoms with Crippen molar-refractivity contribution in [3.63, 3.8) is 0 Å². The predicted molar refractivity (Wildman–Crippen MR) is 73.6 cm³/mol. The minimum absolute atomic E-state index is 0.00109. The molecule has 0 heterocycles. The summed E-state index contributed by atoms with van der Waals surface area (Å²) in [6.07, 6.45) is 2.32. The van der Waals surface area contributed by atoms with Crippen LogP contribution < -0.4 is 4.74 Å². The van der Waals surface area contributed by atoms with Crippen LogP contribution in [-0.2, 0) is 15.1 Å². The Labute approximate surface area is 118 Å². The standard InChI is InChI=1S/C15H19NO4/c1-10-4-7-13(20-3)12(8-10)15(2,14(18)19)16(9-17)11-5-6-11/h4,7-9,11H,5-6H2,1-3H3,(H,18,19). The second kappa shape index (κ2) is 5.15. The van der Waals surface area contributed by atoms with Crippen molar-refractivity contribution in [1.29, 1.82) is 0 Å². The van der Waals surface area contributed by atoms with E-state index < -0.39 is 11.5 Å². The molecule has 0 bridgehead atoms. The summed E-state index contributed by atoms with van der Waals surface area (Å²) in [5.74, 6) is -0.576. The van der Waals surface area contributed by atoms with E-state index in [0.29, 0.717) is 17.7 Å². The molecule has 0 saturated heterocycles. The number of amides is 1. The van der Waals surface area contributed by atoms with Gasteiger partial charge < -0.3 is 14.7 Å². The molecule has 0 spiro atoms. The summed E-state index contributed by atoms with van der Waals surface area (Å²) in [6.45, 7) is 3.44. The van der Waals surface area contributed by atoms with Gasteiger partial charge in [0.25, 0.3) is 0 Å². The fourth-order valence-corrected chi connectivity index (χ4v) is 2.48. The zero-order valence-electron chi connectivity index (χ0n) is 11.9. The summed E-state index contributed by atoms with van der Waals surface area (Å²) in [5.41, 5.74) is 0.0155. The molecule has 108 valence electrons. The zero-order chi connectivity index (χ0) is 14.9. The molecule has 2 rings (SSSR count). The van der Waals surface area contributed by atoms with Gasteiger partial charge in [0.05, 0.1) is 7.11 Å². The van der Waals surface area contributed by atoms with Crippen LogP contribution in [0.1, 0.15) is 30.9 Å². The van der Waals surface area contributed by atoms with Gasteiger partial charge in [-0.1, -0.05) is 11.6 Å². The molecule has 1 aliphatic carbocycles. The van der Waals surface area contributed by atoms with E-state index in [9.17, 15) is 14.7 Å². The summed E-state index contributed by atoms with van der Waals surface area (Å²) < 4.78 is 5.29. The van der Waals surface area contributed by atoms with Crippen molar-refractivity contribution in [2.75, 3.05) is 7.11 Å². The van der Waals surface area contributed by atoms with E-state index >= 15 is 0 Å². The number of benzene rings is 1. The second-order valence-corrected chi connectivity index (χ2v) is 5.32. The van der Waals surface area contributed by atoms with Gasteiger partial charge in [-0.3, -0.25) is 4.79 Å². The number of carboxylic acids is 1. The van der Waals surface area contributed by atoms with Crippen molar-refractivity contribution < 1.29 is 19.4 Å². The van der Waals surface area contributed by atoms with E-state index in [-0.39, 0.29) is 6.04 Å². The van der Waals surface area contributed by atoms with Crippen molar-refractivity contribution >= 4 is 12.4 Å². The lowest BCUT2D eigenvalue weighted by molar-refractivity contribution is -0.155. The molecule has 0 radical (unpaired) electrons. The predicted octanol–water partition coefficient (Wildman–Crippen LogP) is 1.92. The van der Waals surface area contributed by atoms with Gasteiger partial charge in [-0.15, -0.1) is 0 Å². The van der Waals surface area contributed by atoms with Crippen LogP contribution in [0.4, 0.5) is 0 Å². The van der Waals surface area contributed by atoms with E-state index in [1.807, 2.05) is 13.0 Å². The van der Waals surface area contributed by atoms with E-state index in [0.717, 1.165) is 18.4 Å². The lowest BCUT2D eigenvalue weighted by Gasteiger charge is -2.36. The van der Waals surface area contributed by atoms with Crippen LogP contribution >= 0.6 is 0 Å². The Bertz CT molecular complexity index is 539. The maximum absolute atomic E-state index is 11.9. The van der Waals surface area contributed by atoms with Gasteiger partial charge in [-0.2, -0.15) is 0 Å². The number of aliphatic carboxylic acids is 1. The minimum atomic E-state index is -1.42. The summed E-state index contributed by atoms with van der Waals surface area (Å²) >= 11 is 0. The van der Waals surface area contributed by atoms with Crippen LogP contribution in [0, 0.1) is 6.92 Å². The van der Waals surface area contributed by atoms with Gasteiger partial charge in [-0.25, -0.2) is 4.79 Å². The fourth-order valence-electron chi connectivity index (χ4n) is 2.48. The SMILES string of the molecule is COc1ccc(C)cc1C(C)(C(=O)O)N(C=O)C1CC1. The quantitative estimate of drug-likeness (QED) is 0.807. The number of carbonyl (C=O) groups is 2. The third-order valence-electron chi connectivity index (χ3n) is 3.87. The molecule has 0 aliphatic heterocycles. The smallest absolute Gasteiger partial charge is 0.334 e. The third-order valence-corrected chi connectivity index (χ3v) is 3.87. The molecule has 1 aromatic rings. The summed E-state index contributed by atoms with van der Waals surface area (Å²) in [5, 5.41) is 9.72. The van der Waals surface area contributed by atoms with Gasteiger partial charge in [0.2, 0.25) is 6.41 Å². The second-order valence-electron chi connectivity index (χ2n) is 5.32. The van der Waals surface area contributed by atoms with E-state index in [1.54, 1.807) is 19.1 Å². The highest BCUT2D eigenvalue weighted by Gasteiger charge is 2.48. The first-order valence-corrected chi connectivity index (χ1v) is 6.57. The van der Waals surface area contributed by atoms with Crippen molar-refractivity contribution in [3.8, 4) is 5.75 Å². The number of nitrogens with zero attached hydrogens (tertiary/aromatic N) is 1. The van der Waals surface area contributed by atoms with E-state index in [1.165, 1.54) is 12.0 Å². The van der Waals surface area contributed by atoms with Gasteiger partial charge in [0, 0.05) is 11.6 Å². The molecule has 5 nitrogen and oxygen atoms in total. The molecular weight excluding hydrogens is 258 g/mol. The van der Waals surface area contributed by atoms with Crippen LogP contribution in [0.3, 0.4) is 0 Å². The lowest BCUT2D eigenvalue weighted by Crippen LogP contribution is -2.50. The highest BCUT2D eigenvalue weighted by Crippen LogP contribution is 2.41. The number of rotatable bonds is 6. The number of methoxy groups -OCH3 is 1. The Morgan fingerprint density at radius 1 is 1.50 bits per heavy atom. The van der Waals surface area contributed by atoms with Gasteiger partial charge in [0.15, 0.2) is 5.54 Å². The molecule has 20 heavy (non-hydrogen) atoms. The number of ether oxygens (including phenoxy) is 1. The van der Waals surface area contributed by atoms with Crippen molar-refractivity contribution in [3.05, 3.63) is 29.3 Å². The largest absolute Gasteiger partial charge is 0.496 e. The molecule has 1 atom stereocenters. The molecule has 1 aliphatic rings. The van der Waals surface area contributed by atoms with Crippen molar-refractivity contribution in [1.82, 2.24) is 4.90 Å². The molecule has 1 aromatic carbocycles. The highest BCUT2D eigenvalue weighted by molar-refractivity contribution is 5.84. The molecule has 0 aromatic heterocycles. The van der Waals surface area contributed by atoms with E-state index in [2.05, 4.69) is 0 Å². The summed E-state index contributed by atoms with van der Waals surface area (Å²) in [7, 11) is 1.50. The zero-order valence-corrected chi connectivity index (χ0v) is 11.9. The average molecular weight is 277 g/mol. The molecule has 1 amide bonds. The van der Waals surface area contributed by atoms with Crippen LogP contribution in [0.5, 0.6) is 5.75 Å².